The second-order valence-electron chi connectivity index (χ2n) is 7.37. The molecular formula is C22H28N4O3. The van der Waals surface area contributed by atoms with Crippen LogP contribution in [0.15, 0.2) is 46.0 Å². The van der Waals surface area contributed by atoms with Crippen molar-refractivity contribution in [3.63, 3.8) is 0 Å². The second-order valence-corrected chi connectivity index (χ2v) is 7.37. The first-order valence-electron chi connectivity index (χ1n) is 10.0. The standard InChI is InChI=1S/C22H28N4O3/c1-24-20(23-13-16-26-14-7-4-8-15-26)19(21(28)25(2)22(24)29)18(27)12-11-17-9-5-3-6-10-17/h3,5-6,9-12,23H,4,7-8,13-16H2,1-2H3. The van der Waals surface area contributed by atoms with E-state index in [9.17, 15) is 14.4 Å². The van der Waals surface area contributed by atoms with Gasteiger partial charge >= 0.3 is 5.69 Å². The van der Waals surface area contributed by atoms with E-state index in [0.29, 0.717) is 6.54 Å². The van der Waals surface area contributed by atoms with Crippen molar-refractivity contribution in [1.82, 2.24) is 14.0 Å². The van der Waals surface area contributed by atoms with E-state index in [1.165, 1.54) is 37.0 Å². The summed E-state index contributed by atoms with van der Waals surface area (Å²) in [5.41, 5.74) is -0.196. The van der Waals surface area contributed by atoms with Crippen molar-refractivity contribution in [3.8, 4) is 0 Å². The van der Waals surface area contributed by atoms with Crippen molar-refractivity contribution < 1.29 is 4.79 Å². The van der Waals surface area contributed by atoms with Gasteiger partial charge in [-0.15, -0.1) is 0 Å². The lowest BCUT2D eigenvalue weighted by Crippen LogP contribution is -2.42. The molecule has 0 aliphatic carbocycles. The first kappa shape index (κ1) is 20.8. The maximum atomic E-state index is 12.9. The van der Waals surface area contributed by atoms with Crippen molar-refractivity contribution in [2.75, 3.05) is 31.5 Å². The summed E-state index contributed by atoms with van der Waals surface area (Å²) in [7, 11) is 2.96. The van der Waals surface area contributed by atoms with E-state index in [1.807, 2.05) is 30.3 Å². The van der Waals surface area contributed by atoms with Gasteiger partial charge in [-0.05, 0) is 37.6 Å². The van der Waals surface area contributed by atoms with Crippen molar-refractivity contribution in [3.05, 3.63) is 68.4 Å². The zero-order valence-corrected chi connectivity index (χ0v) is 17.1. The molecule has 7 heteroatoms. The molecule has 0 saturated carbocycles. The van der Waals surface area contributed by atoms with Crippen LogP contribution in [0.4, 0.5) is 5.82 Å². The summed E-state index contributed by atoms with van der Waals surface area (Å²) in [5.74, 6) is -0.150. The van der Waals surface area contributed by atoms with Gasteiger partial charge < -0.3 is 10.2 Å². The van der Waals surface area contributed by atoms with Gasteiger partial charge in [0.2, 0.25) is 0 Å². The number of carbonyl (C=O) groups is 1. The number of hydrogen-bond donors (Lipinski definition) is 1. The quantitative estimate of drug-likeness (QED) is 0.571. The number of benzene rings is 1. The van der Waals surface area contributed by atoms with Crippen LogP contribution in [-0.4, -0.2) is 46.0 Å². The SMILES string of the molecule is Cn1c(NCCN2CCCCC2)c(C(=O)C=Cc2ccccc2)c(=O)n(C)c1=O. The van der Waals surface area contributed by atoms with E-state index in [1.54, 1.807) is 13.1 Å². The molecule has 1 saturated heterocycles. The smallest absolute Gasteiger partial charge is 0.332 e. The van der Waals surface area contributed by atoms with Gasteiger partial charge in [-0.2, -0.15) is 0 Å². The molecular weight excluding hydrogens is 368 g/mol. The normalized spacial score (nSPS) is 15.0. The van der Waals surface area contributed by atoms with Crippen LogP contribution in [0.5, 0.6) is 0 Å². The molecule has 3 rings (SSSR count). The molecule has 0 unspecified atom stereocenters. The number of carbonyl (C=O) groups excluding carboxylic acids is 1. The van der Waals surface area contributed by atoms with Crippen molar-refractivity contribution in [1.29, 1.82) is 0 Å². The molecule has 154 valence electrons. The number of piperidine rings is 1. The summed E-state index contributed by atoms with van der Waals surface area (Å²) in [5, 5.41) is 3.17. The predicted molar refractivity (Wildman–Crippen MR) is 116 cm³/mol. The summed E-state index contributed by atoms with van der Waals surface area (Å²) < 4.78 is 2.31. The van der Waals surface area contributed by atoms with Crippen molar-refractivity contribution in [2.45, 2.75) is 19.3 Å². The van der Waals surface area contributed by atoms with Crippen molar-refractivity contribution >= 4 is 17.7 Å². The molecule has 1 aromatic heterocycles. The van der Waals surface area contributed by atoms with Gasteiger partial charge in [-0.3, -0.25) is 18.7 Å². The number of nitrogens with zero attached hydrogens (tertiary/aromatic N) is 3. The molecule has 29 heavy (non-hydrogen) atoms. The number of aromatic nitrogens is 2. The van der Waals surface area contributed by atoms with Gasteiger partial charge in [0, 0.05) is 27.2 Å². The zero-order valence-electron chi connectivity index (χ0n) is 17.1. The van der Waals surface area contributed by atoms with Gasteiger partial charge in [0.25, 0.3) is 5.56 Å². The summed E-state index contributed by atoms with van der Waals surface area (Å²) in [4.78, 5) is 40.3. The Morgan fingerprint density at radius 3 is 2.41 bits per heavy atom. The molecule has 0 amide bonds. The van der Waals surface area contributed by atoms with Crippen LogP contribution in [-0.2, 0) is 14.1 Å². The van der Waals surface area contributed by atoms with Crippen molar-refractivity contribution in [2.24, 2.45) is 14.1 Å². The fraction of sp³-hybridized carbons (Fsp3) is 0.409. The Morgan fingerprint density at radius 2 is 1.72 bits per heavy atom. The lowest BCUT2D eigenvalue weighted by Gasteiger charge is -2.26. The van der Waals surface area contributed by atoms with Crippen LogP contribution in [0, 0.1) is 0 Å². The van der Waals surface area contributed by atoms with E-state index < -0.39 is 17.0 Å². The molecule has 2 heterocycles. The fourth-order valence-electron chi connectivity index (χ4n) is 3.61. The first-order valence-corrected chi connectivity index (χ1v) is 10.0. The summed E-state index contributed by atoms with van der Waals surface area (Å²) in [6.45, 7) is 3.48. The number of likely N-dealkylation sites (tertiary alicyclic amines) is 1. The number of hydrogen-bond acceptors (Lipinski definition) is 5. The highest BCUT2D eigenvalue weighted by Gasteiger charge is 2.20. The lowest BCUT2D eigenvalue weighted by molar-refractivity contribution is 0.104. The average Bonchev–Trinajstić information content (AvgIpc) is 2.75. The molecule has 7 nitrogen and oxygen atoms in total. The third kappa shape index (κ3) is 4.92. The van der Waals surface area contributed by atoms with Crippen LogP contribution < -0.4 is 16.6 Å². The van der Waals surface area contributed by atoms with E-state index >= 15 is 0 Å². The fourth-order valence-corrected chi connectivity index (χ4v) is 3.61. The Balaban J connectivity index is 1.86. The van der Waals surface area contributed by atoms with E-state index in [2.05, 4.69) is 10.2 Å². The highest BCUT2D eigenvalue weighted by Crippen LogP contribution is 2.12. The van der Waals surface area contributed by atoms with Gasteiger partial charge in [0.05, 0.1) is 0 Å². The monoisotopic (exact) mass is 396 g/mol. The van der Waals surface area contributed by atoms with Gasteiger partial charge in [-0.25, -0.2) is 4.79 Å². The summed E-state index contributed by atoms with van der Waals surface area (Å²) >= 11 is 0. The Hall–Kier alpha value is -2.93. The molecule has 0 bridgehead atoms. The minimum Gasteiger partial charge on any atom is -0.369 e. The number of rotatable bonds is 7. The summed E-state index contributed by atoms with van der Waals surface area (Å²) in [6.07, 6.45) is 6.70. The Morgan fingerprint density at radius 1 is 1.03 bits per heavy atom. The molecule has 1 N–H and O–H groups in total. The molecule has 1 aliphatic rings. The molecule has 0 spiro atoms. The van der Waals surface area contributed by atoms with Crippen LogP contribution in [0.2, 0.25) is 0 Å². The molecule has 1 aromatic carbocycles. The van der Waals surface area contributed by atoms with E-state index in [4.69, 9.17) is 0 Å². The maximum Gasteiger partial charge on any atom is 0.332 e. The highest BCUT2D eigenvalue weighted by atomic mass is 16.2. The second kappa shape index (κ2) is 9.52. The van der Waals surface area contributed by atoms with Crippen LogP contribution in [0.25, 0.3) is 6.08 Å². The van der Waals surface area contributed by atoms with Crippen LogP contribution in [0.3, 0.4) is 0 Å². The average molecular weight is 396 g/mol. The van der Waals surface area contributed by atoms with E-state index in [-0.39, 0.29) is 11.4 Å². The van der Waals surface area contributed by atoms with Crippen LogP contribution >= 0.6 is 0 Å². The van der Waals surface area contributed by atoms with Crippen LogP contribution in [0.1, 0.15) is 35.2 Å². The Bertz CT molecular complexity index is 999. The maximum absolute atomic E-state index is 12.9. The Labute approximate surface area is 170 Å². The van der Waals surface area contributed by atoms with Gasteiger partial charge in [-0.1, -0.05) is 42.8 Å². The third-order valence-electron chi connectivity index (χ3n) is 5.31. The van der Waals surface area contributed by atoms with Gasteiger partial charge in [0.15, 0.2) is 5.78 Å². The molecule has 1 fully saturated rings. The molecule has 0 atom stereocenters. The summed E-state index contributed by atoms with van der Waals surface area (Å²) in [6, 6.07) is 9.40. The largest absolute Gasteiger partial charge is 0.369 e. The molecule has 0 radical (unpaired) electrons. The number of ketones is 1. The zero-order chi connectivity index (χ0) is 20.8. The molecule has 1 aliphatic heterocycles. The topological polar surface area (TPSA) is 76.3 Å². The Kier molecular flexibility index (Phi) is 6.82. The van der Waals surface area contributed by atoms with E-state index in [0.717, 1.165) is 29.8 Å². The lowest BCUT2D eigenvalue weighted by atomic mass is 10.1. The first-order chi connectivity index (χ1) is 14.0. The number of anilines is 1. The number of allylic oxidation sites excluding steroid dienone is 1. The van der Waals surface area contributed by atoms with Gasteiger partial charge in [0.1, 0.15) is 11.4 Å². The number of nitrogens with one attached hydrogen (secondary N) is 1. The third-order valence-corrected chi connectivity index (χ3v) is 5.31. The minimum absolute atomic E-state index is 0.0135. The predicted octanol–water partition coefficient (Wildman–Crippen LogP) is 1.88. The minimum atomic E-state index is -0.587. The molecule has 2 aromatic rings. The highest BCUT2D eigenvalue weighted by molar-refractivity contribution is 6.09.